The summed E-state index contributed by atoms with van der Waals surface area (Å²) >= 11 is 0. The van der Waals surface area contributed by atoms with Crippen molar-refractivity contribution in [2.45, 2.75) is 83.0 Å². The molecule has 168 valence electrons. The van der Waals surface area contributed by atoms with E-state index in [1.807, 2.05) is 25.2 Å². The van der Waals surface area contributed by atoms with Crippen molar-refractivity contribution in [3.63, 3.8) is 0 Å². The first-order valence-electron chi connectivity index (χ1n) is 11.3. The third-order valence-electron chi connectivity index (χ3n) is 6.22. The topological polar surface area (TPSA) is 99.8 Å². The normalized spacial score (nSPS) is 27.7. The molecular formula is C24H37NO5. The van der Waals surface area contributed by atoms with Gasteiger partial charge < -0.3 is 19.7 Å². The van der Waals surface area contributed by atoms with Gasteiger partial charge in [0, 0.05) is 24.7 Å². The van der Waals surface area contributed by atoms with Gasteiger partial charge in [0.1, 0.15) is 0 Å². The van der Waals surface area contributed by atoms with Gasteiger partial charge in [0.2, 0.25) is 0 Å². The minimum Gasteiger partial charge on any atom is -0.481 e. The fraction of sp³-hybridized carbons (Fsp3) is 0.750. The monoisotopic (exact) mass is 419 g/mol. The second-order valence-corrected chi connectivity index (χ2v) is 8.80. The molecule has 0 aromatic rings. The highest BCUT2D eigenvalue weighted by Gasteiger charge is 2.56. The van der Waals surface area contributed by atoms with Gasteiger partial charge in [-0.25, -0.2) is 0 Å². The van der Waals surface area contributed by atoms with Gasteiger partial charge in [0.15, 0.2) is 5.79 Å². The Balaban J connectivity index is 2.09. The van der Waals surface area contributed by atoms with E-state index < -0.39 is 17.4 Å². The minimum absolute atomic E-state index is 0.0111. The number of unbranched alkanes of at least 4 members (excludes halogenated alkanes) is 3. The Morgan fingerprint density at radius 1 is 1.27 bits per heavy atom. The third-order valence-corrected chi connectivity index (χ3v) is 6.22. The highest BCUT2D eigenvalue weighted by Crippen LogP contribution is 2.51. The number of hydrogen-bond acceptors (Lipinski definition) is 5. The summed E-state index contributed by atoms with van der Waals surface area (Å²) in [4.78, 5) is 10.6. The summed E-state index contributed by atoms with van der Waals surface area (Å²) in [5.74, 6) is -1.82. The summed E-state index contributed by atoms with van der Waals surface area (Å²) in [6.45, 7) is 5.02. The Bertz CT molecular complexity index is 642. The van der Waals surface area contributed by atoms with Crippen LogP contribution >= 0.6 is 0 Å². The van der Waals surface area contributed by atoms with Gasteiger partial charge >= 0.3 is 5.97 Å². The lowest BCUT2D eigenvalue weighted by molar-refractivity contribution is -0.184. The molecule has 6 nitrogen and oxygen atoms in total. The number of aliphatic hydroxyl groups is 1. The standard InChI is InChI=1S/C24H37NO5/c1-3-4-9-13-23(2,28)14-12-20-19(18-25)17-24(29-15-16-30-24)21(20)10-7-5-6-8-11-22(26)27/h5,7,12,14,19-21,28H,3-4,6,8-11,13,15-17H2,1-2H3,(H,26,27)/t19-,20?,21?,23?/m0/s1. The highest BCUT2D eigenvalue weighted by molar-refractivity contribution is 5.66. The zero-order valence-electron chi connectivity index (χ0n) is 18.4. The molecule has 0 aromatic carbocycles. The lowest BCUT2D eigenvalue weighted by Gasteiger charge is -2.31. The summed E-state index contributed by atoms with van der Waals surface area (Å²) in [5, 5.41) is 29.2. The van der Waals surface area contributed by atoms with Crippen LogP contribution in [0.25, 0.3) is 0 Å². The van der Waals surface area contributed by atoms with Crippen molar-refractivity contribution in [2.75, 3.05) is 13.2 Å². The fourth-order valence-corrected chi connectivity index (χ4v) is 4.57. The smallest absolute Gasteiger partial charge is 0.303 e. The summed E-state index contributed by atoms with van der Waals surface area (Å²) < 4.78 is 12.0. The number of allylic oxidation sites excluding steroid dienone is 3. The lowest BCUT2D eigenvalue weighted by atomic mass is 9.84. The number of carboxylic acids is 1. The Kier molecular flexibility index (Phi) is 9.54. The first-order chi connectivity index (χ1) is 14.3. The molecule has 2 aliphatic rings. The van der Waals surface area contributed by atoms with Crippen molar-refractivity contribution in [2.24, 2.45) is 17.8 Å². The molecule has 30 heavy (non-hydrogen) atoms. The molecule has 1 heterocycles. The number of nitrogens with zero attached hydrogens (tertiary/aromatic N) is 1. The van der Waals surface area contributed by atoms with Crippen molar-refractivity contribution in [3.05, 3.63) is 24.3 Å². The van der Waals surface area contributed by atoms with E-state index in [-0.39, 0.29) is 24.2 Å². The molecule has 3 unspecified atom stereocenters. The molecule has 0 radical (unpaired) electrons. The second-order valence-electron chi connectivity index (χ2n) is 8.80. The van der Waals surface area contributed by atoms with Crippen molar-refractivity contribution in [1.82, 2.24) is 0 Å². The zero-order chi connectivity index (χ0) is 22.0. The van der Waals surface area contributed by atoms with Crippen LogP contribution in [-0.4, -0.2) is 40.8 Å². The van der Waals surface area contributed by atoms with Crippen LogP contribution in [0.1, 0.15) is 71.6 Å². The van der Waals surface area contributed by atoms with Crippen LogP contribution in [0.15, 0.2) is 24.3 Å². The van der Waals surface area contributed by atoms with Crippen LogP contribution in [-0.2, 0) is 14.3 Å². The van der Waals surface area contributed by atoms with Crippen LogP contribution in [0.5, 0.6) is 0 Å². The average molecular weight is 420 g/mol. The molecular weight excluding hydrogens is 382 g/mol. The van der Waals surface area contributed by atoms with E-state index in [9.17, 15) is 15.2 Å². The minimum atomic E-state index is -0.889. The molecule has 2 N–H and O–H groups in total. The van der Waals surface area contributed by atoms with Gasteiger partial charge in [0.05, 0.1) is 30.8 Å². The number of rotatable bonds is 12. The second kappa shape index (κ2) is 11.6. The van der Waals surface area contributed by atoms with E-state index >= 15 is 0 Å². The fourth-order valence-electron chi connectivity index (χ4n) is 4.57. The first kappa shape index (κ1) is 24.6. The van der Waals surface area contributed by atoms with E-state index in [1.165, 1.54) is 0 Å². The van der Waals surface area contributed by atoms with Gasteiger partial charge in [0.25, 0.3) is 0 Å². The van der Waals surface area contributed by atoms with Gasteiger partial charge in [-0.05, 0) is 32.6 Å². The number of aliphatic carboxylic acids is 1. The summed E-state index contributed by atoms with van der Waals surface area (Å²) in [7, 11) is 0. The third kappa shape index (κ3) is 6.94. The van der Waals surface area contributed by atoms with Crippen LogP contribution < -0.4 is 0 Å². The van der Waals surface area contributed by atoms with Crippen molar-refractivity contribution < 1.29 is 24.5 Å². The van der Waals surface area contributed by atoms with Gasteiger partial charge in [-0.3, -0.25) is 4.79 Å². The van der Waals surface area contributed by atoms with Crippen LogP contribution in [0.3, 0.4) is 0 Å². The summed E-state index contributed by atoms with van der Waals surface area (Å²) in [5.41, 5.74) is -0.889. The maximum absolute atomic E-state index is 10.7. The Labute approximate surface area is 180 Å². The number of hydrogen-bond donors (Lipinski definition) is 2. The van der Waals surface area contributed by atoms with E-state index in [0.29, 0.717) is 45.3 Å². The first-order valence-corrected chi connectivity index (χ1v) is 11.3. The molecule has 1 saturated heterocycles. The summed E-state index contributed by atoms with van der Waals surface area (Å²) in [6, 6.07) is 2.42. The quantitative estimate of drug-likeness (QED) is 0.354. The molecule has 0 bridgehead atoms. The van der Waals surface area contributed by atoms with E-state index in [1.54, 1.807) is 0 Å². The van der Waals surface area contributed by atoms with Crippen molar-refractivity contribution in [1.29, 1.82) is 5.26 Å². The predicted molar refractivity (Wildman–Crippen MR) is 114 cm³/mol. The van der Waals surface area contributed by atoms with Gasteiger partial charge in [-0.2, -0.15) is 5.26 Å². The molecule has 2 fully saturated rings. The summed E-state index contributed by atoms with van der Waals surface area (Å²) in [6.07, 6.45) is 14.5. The molecule has 1 saturated carbocycles. The van der Waals surface area contributed by atoms with Crippen LogP contribution in [0.4, 0.5) is 0 Å². The Morgan fingerprint density at radius 2 is 2.00 bits per heavy atom. The van der Waals surface area contributed by atoms with Crippen molar-refractivity contribution in [3.8, 4) is 6.07 Å². The van der Waals surface area contributed by atoms with Crippen LogP contribution in [0, 0.1) is 29.1 Å². The Morgan fingerprint density at radius 3 is 2.63 bits per heavy atom. The largest absolute Gasteiger partial charge is 0.481 e. The Hall–Kier alpha value is -1.68. The number of nitriles is 1. The number of carbonyl (C=O) groups is 1. The number of carboxylic acid groups (broad SMARTS) is 1. The zero-order valence-corrected chi connectivity index (χ0v) is 18.4. The molecule has 1 aliphatic heterocycles. The predicted octanol–water partition coefficient (Wildman–Crippen LogP) is 4.59. The van der Waals surface area contributed by atoms with Crippen molar-refractivity contribution >= 4 is 5.97 Å². The van der Waals surface area contributed by atoms with Gasteiger partial charge in [-0.15, -0.1) is 0 Å². The molecule has 1 aliphatic carbocycles. The van der Waals surface area contributed by atoms with E-state index in [2.05, 4.69) is 19.1 Å². The number of ether oxygens (including phenoxy) is 2. The van der Waals surface area contributed by atoms with Gasteiger partial charge in [-0.1, -0.05) is 50.5 Å². The van der Waals surface area contributed by atoms with E-state index in [0.717, 1.165) is 19.3 Å². The molecule has 0 amide bonds. The SMILES string of the molecule is CCCCCC(C)(O)C=CC1C(CC=CCCCC(=O)O)C2(C[C@H]1C#N)OCCO2. The molecule has 2 rings (SSSR count). The van der Waals surface area contributed by atoms with Crippen LogP contribution in [0.2, 0.25) is 0 Å². The molecule has 1 spiro atoms. The average Bonchev–Trinajstić information content (AvgIpc) is 3.28. The lowest BCUT2D eigenvalue weighted by Crippen LogP contribution is -2.36. The maximum atomic E-state index is 10.7. The molecule has 4 atom stereocenters. The highest BCUT2D eigenvalue weighted by atomic mass is 16.7. The maximum Gasteiger partial charge on any atom is 0.303 e. The molecule has 6 heteroatoms. The molecule has 0 aromatic heterocycles. The van der Waals surface area contributed by atoms with E-state index in [4.69, 9.17) is 14.6 Å².